The minimum atomic E-state index is -0.283. The Kier molecular flexibility index (Phi) is 6.17. The molecule has 29 heavy (non-hydrogen) atoms. The molecule has 1 aliphatic carbocycles. The van der Waals surface area contributed by atoms with Crippen LogP contribution >= 0.6 is 0 Å². The van der Waals surface area contributed by atoms with Gasteiger partial charge in [-0.3, -0.25) is 0 Å². The van der Waals surface area contributed by atoms with Crippen molar-refractivity contribution in [3.63, 3.8) is 0 Å². The van der Waals surface area contributed by atoms with Gasteiger partial charge in [-0.1, -0.05) is 44.2 Å². The molecule has 1 aliphatic rings. The van der Waals surface area contributed by atoms with Gasteiger partial charge in [0.25, 0.3) is 0 Å². The molecule has 1 aromatic carbocycles. The van der Waals surface area contributed by atoms with E-state index >= 15 is 4.39 Å². The average Bonchev–Trinajstić information content (AvgIpc) is 3.29. The van der Waals surface area contributed by atoms with Crippen molar-refractivity contribution in [1.29, 1.82) is 0 Å². The number of rotatable bonds is 7. The lowest BCUT2D eigenvalue weighted by molar-refractivity contribution is 0.337. The van der Waals surface area contributed by atoms with Gasteiger partial charge < -0.3 is 4.90 Å². The van der Waals surface area contributed by atoms with Crippen LogP contribution in [0.4, 0.5) is 10.2 Å². The predicted molar refractivity (Wildman–Crippen MR) is 113 cm³/mol. The van der Waals surface area contributed by atoms with Gasteiger partial charge in [0.15, 0.2) is 11.6 Å². The monoisotopic (exact) mass is 393 g/mol. The molecular weight excluding hydrogens is 365 g/mol. The third-order valence-corrected chi connectivity index (χ3v) is 5.82. The molecular formula is C23H28FN5. The summed E-state index contributed by atoms with van der Waals surface area (Å²) in [7, 11) is 1.87. The molecule has 4 rings (SSSR count). The van der Waals surface area contributed by atoms with Gasteiger partial charge >= 0.3 is 0 Å². The van der Waals surface area contributed by atoms with Crippen molar-refractivity contribution >= 4 is 5.82 Å². The molecule has 2 heterocycles. The maximum atomic E-state index is 15.1. The molecule has 0 radical (unpaired) electrons. The van der Waals surface area contributed by atoms with Gasteiger partial charge in [-0.2, -0.15) is 5.10 Å². The summed E-state index contributed by atoms with van der Waals surface area (Å²) >= 11 is 0. The van der Waals surface area contributed by atoms with Gasteiger partial charge in [0.1, 0.15) is 6.33 Å². The summed E-state index contributed by atoms with van der Waals surface area (Å²) in [5.41, 5.74) is 2.59. The minimum Gasteiger partial charge on any atom is -0.353 e. The summed E-state index contributed by atoms with van der Waals surface area (Å²) in [4.78, 5) is 10.3. The van der Waals surface area contributed by atoms with E-state index in [9.17, 15) is 0 Å². The fourth-order valence-electron chi connectivity index (χ4n) is 4.22. The standard InChI is InChI=1S/C23H28FN5/c1-28(16-19-9-5-10-20(15-19)29-14-6-13-27-29)23-22(24)21(25-17-26-23)12-11-18-7-3-2-4-8-18/h5-6,9-10,13-15,17-18H,2-4,7-8,11-12,16H2,1H3. The Morgan fingerprint density at radius 2 is 2.00 bits per heavy atom. The van der Waals surface area contributed by atoms with Crippen molar-refractivity contribution in [3.05, 3.63) is 66.1 Å². The zero-order valence-electron chi connectivity index (χ0n) is 17.0. The smallest absolute Gasteiger partial charge is 0.187 e. The maximum Gasteiger partial charge on any atom is 0.187 e. The zero-order chi connectivity index (χ0) is 20.1. The Balaban J connectivity index is 1.44. The third-order valence-electron chi connectivity index (χ3n) is 5.82. The number of hydrogen-bond acceptors (Lipinski definition) is 4. The second-order valence-electron chi connectivity index (χ2n) is 7.98. The van der Waals surface area contributed by atoms with E-state index in [1.54, 1.807) is 6.20 Å². The van der Waals surface area contributed by atoms with E-state index in [0.717, 1.165) is 17.7 Å². The Morgan fingerprint density at radius 3 is 2.79 bits per heavy atom. The molecule has 0 N–H and O–H groups in total. The molecule has 1 saturated carbocycles. The number of nitrogens with zero attached hydrogens (tertiary/aromatic N) is 5. The molecule has 0 aliphatic heterocycles. The van der Waals surface area contributed by atoms with Crippen LogP contribution in [0, 0.1) is 11.7 Å². The minimum absolute atomic E-state index is 0.283. The normalized spacial score (nSPS) is 14.8. The van der Waals surface area contributed by atoms with Crippen LogP contribution in [0.25, 0.3) is 5.69 Å². The number of halogens is 1. The highest BCUT2D eigenvalue weighted by molar-refractivity contribution is 5.43. The Morgan fingerprint density at radius 1 is 1.14 bits per heavy atom. The van der Waals surface area contributed by atoms with Crippen molar-refractivity contribution in [1.82, 2.24) is 19.7 Å². The topological polar surface area (TPSA) is 46.8 Å². The lowest BCUT2D eigenvalue weighted by Gasteiger charge is -2.22. The van der Waals surface area contributed by atoms with E-state index in [1.807, 2.05) is 47.1 Å². The number of hydrogen-bond donors (Lipinski definition) is 0. The third kappa shape index (κ3) is 4.81. The molecule has 0 unspecified atom stereocenters. The number of aryl methyl sites for hydroxylation is 1. The highest BCUT2D eigenvalue weighted by atomic mass is 19.1. The molecule has 6 heteroatoms. The lowest BCUT2D eigenvalue weighted by Crippen LogP contribution is -2.20. The first-order valence-corrected chi connectivity index (χ1v) is 10.5. The molecule has 3 aromatic rings. The fourth-order valence-corrected chi connectivity index (χ4v) is 4.22. The first kappa shape index (κ1) is 19.6. The zero-order valence-corrected chi connectivity index (χ0v) is 17.0. The molecule has 2 aromatic heterocycles. The SMILES string of the molecule is CN(Cc1cccc(-n2cccn2)c1)c1ncnc(CCC2CCCCC2)c1F. The predicted octanol–water partition coefficient (Wildman–Crippen LogP) is 4.95. The Hall–Kier alpha value is -2.76. The van der Waals surface area contributed by atoms with E-state index in [1.165, 1.54) is 38.4 Å². The van der Waals surface area contributed by atoms with Gasteiger partial charge in [0.2, 0.25) is 0 Å². The van der Waals surface area contributed by atoms with Crippen molar-refractivity contribution in [2.24, 2.45) is 5.92 Å². The Bertz CT molecular complexity index is 919. The van der Waals surface area contributed by atoms with Gasteiger partial charge in [0, 0.05) is 26.0 Å². The Labute approximate surface area is 171 Å². The van der Waals surface area contributed by atoms with E-state index in [2.05, 4.69) is 21.1 Å². The van der Waals surface area contributed by atoms with Crippen LogP contribution in [0.2, 0.25) is 0 Å². The van der Waals surface area contributed by atoms with E-state index in [0.29, 0.717) is 30.4 Å². The highest BCUT2D eigenvalue weighted by Gasteiger charge is 2.18. The van der Waals surface area contributed by atoms with Crippen LogP contribution in [0.1, 0.15) is 49.8 Å². The number of benzene rings is 1. The summed E-state index contributed by atoms with van der Waals surface area (Å²) in [6.07, 6.45) is 13.4. The second-order valence-corrected chi connectivity index (χ2v) is 7.98. The van der Waals surface area contributed by atoms with Crippen LogP contribution in [-0.2, 0) is 13.0 Å². The number of anilines is 1. The van der Waals surface area contributed by atoms with E-state index in [-0.39, 0.29) is 5.82 Å². The van der Waals surface area contributed by atoms with E-state index < -0.39 is 0 Å². The maximum absolute atomic E-state index is 15.1. The lowest BCUT2D eigenvalue weighted by atomic mass is 9.86. The van der Waals surface area contributed by atoms with E-state index in [4.69, 9.17) is 0 Å². The van der Waals surface area contributed by atoms with Gasteiger partial charge in [-0.15, -0.1) is 0 Å². The van der Waals surface area contributed by atoms with Gasteiger partial charge in [-0.25, -0.2) is 19.0 Å². The molecule has 1 fully saturated rings. The molecule has 0 saturated heterocycles. The first-order chi connectivity index (χ1) is 14.2. The van der Waals surface area contributed by atoms with Crippen LogP contribution in [0.15, 0.2) is 49.1 Å². The molecule has 0 amide bonds. The average molecular weight is 394 g/mol. The van der Waals surface area contributed by atoms with Crippen LogP contribution in [-0.4, -0.2) is 26.8 Å². The fraction of sp³-hybridized carbons (Fsp3) is 0.435. The van der Waals surface area contributed by atoms with Crippen LogP contribution in [0.5, 0.6) is 0 Å². The largest absolute Gasteiger partial charge is 0.353 e. The first-order valence-electron chi connectivity index (χ1n) is 10.5. The van der Waals surface area contributed by atoms with Crippen LogP contribution in [0.3, 0.4) is 0 Å². The summed E-state index contributed by atoms with van der Waals surface area (Å²) in [5, 5.41) is 4.27. The summed E-state index contributed by atoms with van der Waals surface area (Å²) in [6, 6.07) is 9.99. The molecule has 5 nitrogen and oxygen atoms in total. The van der Waals surface area contributed by atoms with Crippen molar-refractivity contribution in [2.45, 2.75) is 51.5 Å². The molecule has 0 bridgehead atoms. The van der Waals surface area contributed by atoms with Crippen molar-refractivity contribution < 1.29 is 4.39 Å². The second kappa shape index (κ2) is 9.16. The van der Waals surface area contributed by atoms with Crippen LogP contribution < -0.4 is 4.90 Å². The summed E-state index contributed by atoms with van der Waals surface area (Å²) < 4.78 is 16.9. The summed E-state index contributed by atoms with van der Waals surface area (Å²) in [5.74, 6) is 0.793. The quantitative estimate of drug-likeness (QED) is 0.570. The highest BCUT2D eigenvalue weighted by Crippen LogP contribution is 2.28. The van der Waals surface area contributed by atoms with Gasteiger partial charge in [0.05, 0.1) is 11.4 Å². The number of aromatic nitrogens is 4. The van der Waals surface area contributed by atoms with Crippen molar-refractivity contribution in [3.8, 4) is 5.69 Å². The molecule has 0 atom stereocenters. The molecule has 0 spiro atoms. The molecule has 152 valence electrons. The summed E-state index contributed by atoms with van der Waals surface area (Å²) in [6.45, 7) is 0.561. The van der Waals surface area contributed by atoms with Crippen molar-refractivity contribution in [2.75, 3.05) is 11.9 Å². The van der Waals surface area contributed by atoms with Gasteiger partial charge in [-0.05, 0) is 42.5 Å².